The average molecular weight is 657 g/mol. The molecule has 1 unspecified atom stereocenters. The normalized spacial score (nSPS) is 13.4. The molecule has 2 heteroatoms. The molecule has 0 fully saturated rings. The Kier molecular flexibility index (Phi) is 8.84. The Labute approximate surface area is 303 Å². The fourth-order valence-electron chi connectivity index (χ4n) is 8.05. The fraction of sp³-hybridized carbons (Fsp3) is 0.163. The van der Waals surface area contributed by atoms with Crippen molar-refractivity contribution in [3.63, 3.8) is 0 Å². The molecule has 0 saturated heterocycles. The van der Waals surface area contributed by atoms with Gasteiger partial charge in [0.05, 0.1) is 11.1 Å². The first kappa shape index (κ1) is 33.2. The van der Waals surface area contributed by atoms with Crippen molar-refractivity contribution in [1.82, 2.24) is 0 Å². The third-order valence-electron chi connectivity index (χ3n) is 10.5. The van der Waals surface area contributed by atoms with E-state index in [2.05, 4.69) is 190 Å². The van der Waals surface area contributed by atoms with Gasteiger partial charge in [-0.05, 0) is 106 Å². The summed E-state index contributed by atoms with van der Waals surface area (Å²) in [5.74, 6) is 3.23. The van der Waals surface area contributed by atoms with Crippen molar-refractivity contribution in [2.45, 2.75) is 50.9 Å². The zero-order chi connectivity index (χ0) is 35.6. The maximum absolute atomic E-state index is 9.63. The molecular weight excluding hydrogens is 617 g/mol. The van der Waals surface area contributed by atoms with Crippen LogP contribution in [0.3, 0.4) is 0 Å². The molecule has 6 aromatic carbocycles. The van der Waals surface area contributed by atoms with Crippen molar-refractivity contribution in [1.29, 1.82) is 5.26 Å². The Balaban J connectivity index is 1.52. The van der Waals surface area contributed by atoms with Gasteiger partial charge in [-0.1, -0.05) is 130 Å². The van der Waals surface area contributed by atoms with Gasteiger partial charge in [-0.25, -0.2) is 0 Å². The Morgan fingerprint density at radius 1 is 0.765 bits per heavy atom. The number of allylic oxidation sites excluding steroid dienone is 2. The molecule has 0 amide bonds. The Morgan fingerprint density at radius 2 is 1.39 bits per heavy atom. The molecule has 1 atom stereocenters. The van der Waals surface area contributed by atoms with Crippen molar-refractivity contribution in [2.75, 3.05) is 4.90 Å². The van der Waals surface area contributed by atoms with Crippen molar-refractivity contribution in [2.24, 2.45) is 0 Å². The summed E-state index contributed by atoms with van der Waals surface area (Å²) in [6.07, 6.45) is 11.2. The maximum atomic E-state index is 9.63. The molecule has 1 aliphatic rings. The molecule has 0 aromatic heterocycles. The Morgan fingerprint density at radius 3 is 2.02 bits per heavy atom. The molecule has 0 saturated carbocycles. The standard InChI is InChI=1S/C49H40N2/c1-6-16-35(3)42-29-27-41(33-47(42)49(31-7-2,37-17-10-8-11-18-37)38-19-12-9-13-20-38)51(39-25-23-36(34-50)24-26-39)40-28-30-44-43-21-14-15-22-45(43)48(4,5)46(44)32-40/h2,6,8-23,25,27-30,32-33,35H,31H2,1,3-5H3/b16-6-. The monoisotopic (exact) mass is 656 g/mol. The quantitative estimate of drug-likeness (QED) is 0.0880. The number of hydrogen-bond acceptors (Lipinski definition) is 2. The van der Waals surface area contributed by atoms with E-state index in [0.29, 0.717) is 12.0 Å². The molecule has 0 bridgehead atoms. The van der Waals surface area contributed by atoms with Crippen LogP contribution in [-0.4, -0.2) is 0 Å². The SMILES string of the molecule is C#CCC(c1ccccc1)(c1ccccc1)c1cc(N(c2c#cc(C#N)cc2)c2ccc3c(c2)C(C)(C)c2ccccc2-3)ccc1C(C)/C=C\C. The van der Waals surface area contributed by atoms with Gasteiger partial charge in [-0.15, -0.1) is 12.3 Å². The zero-order valence-electron chi connectivity index (χ0n) is 29.6. The van der Waals surface area contributed by atoms with Gasteiger partial charge in [0.25, 0.3) is 0 Å². The minimum absolute atomic E-state index is 0.131. The van der Waals surface area contributed by atoms with E-state index in [0.717, 1.165) is 33.8 Å². The van der Waals surface area contributed by atoms with E-state index in [-0.39, 0.29) is 11.3 Å². The first-order valence-corrected chi connectivity index (χ1v) is 17.5. The second-order valence-electron chi connectivity index (χ2n) is 13.8. The number of benzene rings is 5. The van der Waals surface area contributed by atoms with E-state index in [1.165, 1.54) is 27.8 Å². The maximum Gasteiger partial charge on any atom is 0.108 e. The number of fused-ring (bicyclic) bond motifs is 3. The van der Waals surface area contributed by atoms with Crippen LogP contribution in [0.1, 0.15) is 79.0 Å². The van der Waals surface area contributed by atoms with Gasteiger partial charge < -0.3 is 4.90 Å². The van der Waals surface area contributed by atoms with Crippen molar-refractivity contribution >= 4 is 17.1 Å². The van der Waals surface area contributed by atoms with Crippen molar-refractivity contribution in [3.05, 3.63) is 197 Å². The summed E-state index contributed by atoms with van der Waals surface area (Å²) < 4.78 is 0. The predicted octanol–water partition coefficient (Wildman–Crippen LogP) is 12.0. The highest BCUT2D eigenvalue weighted by Crippen LogP contribution is 2.51. The summed E-state index contributed by atoms with van der Waals surface area (Å²) in [6, 6.07) is 56.0. The molecule has 0 radical (unpaired) electrons. The van der Waals surface area contributed by atoms with E-state index in [1.54, 1.807) is 0 Å². The smallest absolute Gasteiger partial charge is 0.108 e. The minimum Gasteiger partial charge on any atom is -0.303 e. The number of nitriles is 1. The van der Waals surface area contributed by atoms with Crippen LogP contribution in [0.15, 0.2) is 146 Å². The third-order valence-corrected chi connectivity index (χ3v) is 10.5. The minimum atomic E-state index is -0.633. The van der Waals surface area contributed by atoms with Crippen LogP contribution in [0.25, 0.3) is 11.1 Å². The molecule has 7 rings (SSSR count). The molecule has 0 N–H and O–H groups in total. The second-order valence-corrected chi connectivity index (χ2v) is 13.8. The lowest BCUT2D eigenvalue weighted by molar-refractivity contribution is 0.626. The summed E-state index contributed by atoms with van der Waals surface area (Å²) in [7, 11) is 0. The number of nitrogens with zero attached hydrogens (tertiary/aromatic N) is 2. The summed E-state index contributed by atoms with van der Waals surface area (Å²) in [5.41, 5.74) is 12.2. The van der Waals surface area contributed by atoms with E-state index >= 15 is 0 Å². The molecule has 0 aliphatic heterocycles. The van der Waals surface area contributed by atoms with Crippen LogP contribution in [0, 0.1) is 35.8 Å². The van der Waals surface area contributed by atoms with Gasteiger partial charge in [0, 0.05) is 23.2 Å². The highest BCUT2D eigenvalue weighted by molar-refractivity contribution is 5.85. The van der Waals surface area contributed by atoms with Crippen LogP contribution in [0.5, 0.6) is 0 Å². The van der Waals surface area contributed by atoms with Crippen LogP contribution in [-0.2, 0) is 10.8 Å². The molecular formula is C49H40N2. The molecule has 1 aliphatic carbocycles. The number of terminal acetylenes is 1. The third kappa shape index (κ3) is 5.69. The first-order chi connectivity index (χ1) is 24.8. The lowest BCUT2D eigenvalue weighted by atomic mass is 9.65. The number of anilines is 3. The number of hydrogen-bond donors (Lipinski definition) is 0. The van der Waals surface area contributed by atoms with Crippen molar-refractivity contribution < 1.29 is 0 Å². The fourth-order valence-corrected chi connectivity index (χ4v) is 8.05. The van der Waals surface area contributed by atoms with Crippen molar-refractivity contribution in [3.8, 4) is 29.5 Å². The highest BCUT2D eigenvalue weighted by Gasteiger charge is 2.39. The van der Waals surface area contributed by atoms with Gasteiger partial charge in [0.2, 0.25) is 0 Å². The van der Waals surface area contributed by atoms with E-state index in [9.17, 15) is 5.26 Å². The summed E-state index contributed by atoms with van der Waals surface area (Å²) in [5, 5.41) is 9.63. The van der Waals surface area contributed by atoms with Gasteiger partial charge in [0.15, 0.2) is 0 Å². The van der Waals surface area contributed by atoms with Gasteiger partial charge >= 0.3 is 0 Å². The highest BCUT2D eigenvalue weighted by atomic mass is 15.1. The van der Waals surface area contributed by atoms with Crippen LogP contribution in [0.2, 0.25) is 0 Å². The average Bonchev–Trinajstić information content (AvgIpc) is 3.40. The number of rotatable bonds is 9. The predicted molar refractivity (Wildman–Crippen MR) is 211 cm³/mol. The Bertz CT molecular complexity index is 2260. The summed E-state index contributed by atoms with van der Waals surface area (Å²) in [6.45, 7) is 8.92. The van der Waals surface area contributed by atoms with Gasteiger partial charge in [-0.3, -0.25) is 0 Å². The summed E-state index contributed by atoms with van der Waals surface area (Å²) >= 11 is 0. The van der Waals surface area contributed by atoms with Crippen LogP contribution in [0.4, 0.5) is 17.1 Å². The lowest BCUT2D eigenvalue weighted by Crippen LogP contribution is -2.31. The summed E-state index contributed by atoms with van der Waals surface area (Å²) in [4.78, 5) is 2.24. The lowest BCUT2D eigenvalue weighted by Gasteiger charge is -2.38. The van der Waals surface area contributed by atoms with Crippen LogP contribution < -0.4 is 4.90 Å². The van der Waals surface area contributed by atoms with E-state index in [4.69, 9.17) is 6.42 Å². The van der Waals surface area contributed by atoms with Crippen LogP contribution >= 0.6 is 0 Å². The topological polar surface area (TPSA) is 27.0 Å². The molecule has 2 nitrogen and oxygen atoms in total. The molecule has 246 valence electrons. The largest absolute Gasteiger partial charge is 0.303 e. The van der Waals surface area contributed by atoms with E-state index in [1.807, 2.05) is 12.1 Å². The van der Waals surface area contributed by atoms with E-state index < -0.39 is 5.41 Å². The second kappa shape index (κ2) is 13.6. The molecule has 6 aromatic rings. The molecule has 51 heavy (non-hydrogen) atoms. The first-order valence-electron chi connectivity index (χ1n) is 17.5. The van der Waals surface area contributed by atoms with Gasteiger partial charge in [0.1, 0.15) is 11.6 Å². The molecule has 0 spiro atoms. The zero-order valence-corrected chi connectivity index (χ0v) is 29.6. The van der Waals surface area contributed by atoms with Gasteiger partial charge in [-0.2, -0.15) is 5.26 Å². The Hall–Kier alpha value is -6.27. The molecule has 0 heterocycles.